The van der Waals surface area contributed by atoms with E-state index in [2.05, 4.69) is 42.2 Å². The smallest absolute Gasteiger partial charge is 0.0980 e. The maximum absolute atomic E-state index is 9.10. The SMILES string of the molecule is Cc1cccc(CN2CCCCC2C#N)c1. The summed E-state index contributed by atoms with van der Waals surface area (Å²) in [4.78, 5) is 2.30. The summed E-state index contributed by atoms with van der Waals surface area (Å²) >= 11 is 0. The quantitative estimate of drug-likeness (QED) is 0.757. The topological polar surface area (TPSA) is 27.0 Å². The molecule has 2 heteroatoms. The molecule has 1 atom stereocenters. The third-order valence-electron chi connectivity index (χ3n) is 3.23. The molecule has 1 aliphatic heterocycles. The average Bonchev–Trinajstić information content (AvgIpc) is 2.30. The van der Waals surface area contributed by atoms with Crippen molar-refractivity contribution in [2.75, 3.05) is 6.54 Å². The van der Waals surface area contributed by atoms with Gasteiger partial charge in [0.1, 0.15) is 0 Å². The minimum Gasteiger partial charge on any atom is -0.284 e. The van der Waals surface area contributed by atoms with Gasteiger partial charge in [-0.1, -0.05) is 29.8 Å². The first-order valence-corrected chi connectivity index (χ1v) is 5.99. The monoisotopic (exact) mass is 214 g/mol. The van der Waals surface area contributed by atoms with E-state index < -0.39 is 0 Å². The summed E-state index contributed by atoms with van der Waals surface area (Å²) < 4.78 is 0. The van der Waals surface area contributed by atoms with Gasteiger partial charge in [-0.3, -0.25) is 4.90 Å². The van der Waals surface area contributed by atoms with Crippen molar-refractivity contribution in [2.45, 2.75) is 38.8 Å². The van der Waals surface area contributed by atoms with Gasteiger partial charge in [0.05, 0.1) is 12.1 Å². The Labute approximate surface area is 97.5 Å². The van der Waals surface area contributed by atoms with Gasteiger partial charge in [-0.2, -0.15) is 5.26 Å². The fourth-order valence-corrected chi connectivity index (χ4v) is 2.37. The zero-order chi connectivity index (χ0) is 11.4. The summed E-state index contributed by atoms with van der Waals surface area (Å²) in [6, 6.07) is 11.1. The van der Waals surface area contributed by atoms with Crippen LogP contribution in [0.25, 0.3) is 0 Å². The van der Waals surface area contributed by atoms with Gasteiger partial charge in [0.25, 0.3) is 0 Å². The predicted molar refractivity (Wildman–Crippen MR) is 64.8 cm³/mol. The minimum absolute atomic E-state index is 0.120. The van der Waals surface area contributed by atoms with Crippen LogP contribution in [0.2, 0.25) is 0 Å². The van der Waals surface area contributed by atoms with Crippen LogP contribution < -0.4 is 0 Å². The van der Waals surface area contributed by atoms with Crippen LogP contribution in [-0.2, 0) is 6.54 Å². The highest BCUT2D eigenvalue weighted by Crippen LogP contribution is 2.19. The number of nitriles is 1. The van der Waals surface area contributed by atoms with Crippen molar-refractivity contribution in [2.24, 2.45) is 0 Å². The molecule has 1 aliphatic rings. The molecule has 0 radical (unpaired) electrons. The summed E-state index contributed by atoms with van der Waals surface area (Å²) in [7, 11) is 0. The lowest BCUT2D eigenvalue weighted by Crippen LogP contribution is -2.37. The molecule has 1 aromatic rings. The van der Waals surface area contributed by atoms with Crippen molar-refractivity contribution >= 4 is 0 Å². The number of piperidine rings is 1. The van der Waals surface area contributed by atoms with Gasteiger partial charge in [-0.15, -0.1) is 0 Å². The van der Waals surface area contributed by atoms with Crippen molar-refractivity contribution in [3.05, 3.63) is 35.4 Å². The summed E-state index contributed by atoms with van der Waals surface area (Å²) in [5.74, 6) is 0. The van der Waals surface area contributed by atoms with Crippen LogP contribution in [0, 0.1) is 18.3 Å². The Hall–Kier alpha value is -1.33. The normalized spacial score (nSPS) is 21.6. The lowest BCUT2D eigenvalue weighted by Gasteiger charge is -2.31. The Kier molecular flexibility index (Phi) is 3.58. The van der Waals surface area contributed by atoms with Gasteiger partial charge < -0.3 is 0 Å². The molecule has 1 saturated heterocycles. The highest BCUT2D eigenvalue weighted by Gasteiger charge is 2.21. The lowest BCUT2D eigenvalue weighted by molar-refractivity contribution is 0.176. The largest absolute Gasteiger partial charge is 0.284 e. The standard InChI is InChI=1S/C14H18N2/c1-12-5-4-6-13(9-12)11-16-8-3-2-7-14(16)10-15/h4-6,9,14H,2-3,7-8,11H2,1H3. The number of hydrogen-bond acceptors (Lipinski definition) is 2. The molecule has 1 unspecified atom stereocenters. The van der Waals surface area contributed by atoms with Crippen LogP contribution in [0.3, 0.4) is 0 Å². The van der Waals surface area contributed by atoms with E-state index in [1.54, 1.807) is 0 Å². The molecule has 0 spiro atoms. The van der Waals surface area contributed by atoms with Crippen molar-refractivity contribution in [1.29, 1.82) is 5.26 Å². The Morgan fingerprint density at radius 2 is 2.31 bits per heavy atom. The molecular weight excluding hydrogens is 196 g/mol. The number of benzene rings is 1. The number of hydrogen-bond donors (Lipinski definition) is 0. The Morgan fingerprint density at radius 3 is 3.06 bits per heavy atom. The summed E-state index contributed by atoms with van der Waals surface area (Å²) in [6.07, 6.45) is 3.45. The molecule has 0 aliphatic carbocycles. The van der Waals surface area contributed by atoms with Crippen molar-refractivity contribution in [1.82, 2.24) is 4.90 Å². The van der Waals surface area contributed by atoms with E-state index in [4.69, 9.17) is 5.26 Å². The van der Waals surface area contributed by atoms with Crippen molar-refractivity contribution in [3.63, 3.8) is 0 Å². The van der Waals surface area contributed by atoms with Gasteiger partial charge in [0.2, 0.25) is 0 Å². The van der Waals surface area contributed by atoms with E-state index in [9.17, 15) is 0 Å². The molecule has 1 fully saturated rings. The molecule has 0 aromatic heterocycles. The second-order valence-corrected chi connectivity index (χ2v) is 4.60. The fraction of sp³-hybridized carbons (Fsp3) is 0.500. The van der Waals surface area contributed by atoms with E-state index in [1.165, 1.54) is 24.0 Å². The molecule has 1 aromatic carbocycles. The summed E-state index contributed by atoms with van der Waals surface area (Å²) in [5, 5.41) is 9.10. The van der Waals surface area contributed by atoms with Crippen LogP contribution >= 0.6 is 0 Å². The zero-order valence-electron chi connectivity index (χ0n) is 9.82. The third kappa shape index (κ3) is 2.62. The highest BCUT2D eigenvalue weighted by molar-refractivity contribution is 5.22. The number of rotatable bonds is 2. The first-order chi connectivity index (χ1) is 7.79. The van der Waals surface area contributed by atoms with Gasteiger partial charge in [-0.25, -0.2) is 0 Å². The van der Waals surface area contributed by atoms with E-state index in [0.29, 0.717) is 0 Å². The molecule has 0 amide bonds. The summed E-state index contributed by atoms with van der Waals surface area (Å²) in [6.45, 7) is 4.09. The first-order valence-electron chi connectivity index (χ1n) is 5.99. The van der Waals surface area contributed by atoms with Gasteiger partial charge in [0.15, 0.2) is 0 Å². The number of nitrogens with zero attached hydrogens (tertiary/aromatic N) is 2. The van der Waals surface area contributed by atoms with Crippen molar-refractivity contribution in [3.8, 4) is 6.07 Å². The summed E-state index contributed by atoms with van der Waals surface area (Å²) in [5.41, 5.74) is 2.62. The molecule has 0 N–H and O–H groups in total. The highest BCUT2D eigenvalue weighted by atomic mass is 15.2. The van der Waals surface area contributed by atoms with Crippen LogP contribution in [0.5, 0.6) is 0 Å². The second kappa shape index (κ2) is 5.14. The Balaban J connectivity index is 2.05. The van der Waals surface area contributed by atoms with E-state index in [-0.39, 0.29) is 6.04 Å². The molecule has 1 heterocycles. The zero-order valence-corrected chi connectivity index (χ0v) is 9.82. The lowest BCUT2D eigenvalue weighted by atomic mass is 10.0. The van der Waals surface area contributed by atoms with E-state index in [0.717, 1.165) is 19.5 Å². The molecular formula is C14H18N2. The van der Waals surface area contributed by atoms with Gasteiger partial charge in [0, 0.05) is 6.54 Å². The molecule has 2 nitrogen and oxygen atoms in total. The minimum atomic E-state index is 0.120. The third-order valence-corrected chi connectivity index (χ3v) is 3.23. The average molecular weight is 214 g/mol. The second-order valence-electron chi connectivity index (χ2n) is 4.60. The number of aryl methyl sites for hydroxylation is 1. The van der Waals surface area contributed by atoms with Crippen molar-refractivity contribution < 1.29 is 0 Å². The Morgan fingerprint density at radius 1 is 1.44 bits per heavy atom. The molecule has 0 saturated carbocycles. The maximum atomic E-state index is 9.10. The van der Waals surface area contributed by atoms with E-state index >= 15 is 0 Å². The maximum Gasteiger partial charge on any atom is 0.0980 e. The van der Waals surface area contributed by atoms with Crippen LogP contribution in [-0.4, -0.2) is 17.5 Å². The number of likely N-dealkylation sites (tertiary alicyclic amines) is 1. The first kappa shape index (κ1) is 11.2. The molecule has 16 heavy (non-hydrogen) atoms. The van der Waals surface area contributed by atoms with Crippen LogP contribution in [0.1, 0.15) is 30.4 Å². The molecule has 84 valence electrons. The molecule has 0 bridgehead atoms. The van der Waals surface area contributed by atoms with Gasteiger partial charge in [-0.05, 0) is 38.3 Å². The van der Waals surface area contributed by atoms with Gasteiger partial charge >= 0.3 is 0 Å². The Bertz CT molecular complexity index is 392. The predicted octanol–water partition coefficient (Wildman–Crippen LogP) is 2.87. The van der Waals surface area contributed by atoms with E-state index in [1.807, 2.05) is 0 Å². The molecule has 2 rings (SSSR count). The fourth-order valence-electron chi connectivity index (χ4n) is 2.37. The van der Waals surface area contributed by atoms with Crippen LogP contribution in [0.15, 0.2) is 24.3 Å². The van der Waals surface area contributed by atoms with Crippen LogP contribution in [0.4, 0.5) is 0 Å².